The van der Waals surface area contributed by atoms with E-state index in [-0.39, 0.29) is 23.2 Å². The predicted molar refractivity (Wildman–Crippen MR) is 80.8 cm³/mol. The van der Waals surface area contributed by atoms with Crippen molar-refractivity contribution in [3.63, 3.8) is 0 Å². The molecular formula is C13H17ClN2O3S. The Morgan fingerprint density at radius 3 is 2.70 bits per heavy atom. The van der Waals surface area contributed by atoms with Crippen LogP contribution < -0.4 is 9.44 Å². The van der Waals surface area contributed by atoms with Crippen molar-refractivity contribution >= 4 is 27.5 Å². The van der Waals surface area contributed by atoms with Gasteiger partial charge < -0.3 is 5.11 Å². The van der Waals surface area contributed by atoms with Crippen molar-refractivity contribution in [2.75, 3.05) is 17.9 Å². The molecule has 0 aliphatic carbocycles. The molecule has 0 heterocycles. The zero-order valence-corrected chi connectivity index (χ0v) is 12.8. The molecule has 0 fully saturated rings. The minimum absolute atomic E-state index is 0.198. The van der Waals surface area contributed by atoms with E-state index in [9.17, 15) is 8.42 Å². The molecule has 0 spiro atoms. The molecule has 0 bridgehead atoms. The van der Waals surface area contributed by atoms with E-state index in [0.29, 0.717) is 12.1 Å². The second-order valence-corrected chi connectivity index (χ2v) is 6.41. The number of aliphatic hydroxyl groups excluding tert-OH is 1. The fraction of sp³-hybridized carbons (Fsp3) is 0.385. The lowest BCUT2D eigenvalue weighted by atomic mass is 10.2. The van der Waals surface area contributed by atoms with Gasteiger partial charge in [-0.1, -0.05) is 37.3 Å². The van der Waals surface area contributed by atoms with Crippen molar-refractivity contribution < 1.29 is 13.5 Å². The maximum atomic E-state index is 11.8. The molecule has 0 aliphatic heterocycles. The van der Waals surface area contributed by atoms with E-state index in [4.69, 9.17) is 16.7 Å². The van der Waals surface area contributed by atoms with E-state index in [1.165, 1.54) is 6.07 Å². The summed E-state index contributed by atoms with van der Waals surface area (Å²) in [4.78, 5) is 0. The van der Waals surface area contributed by atoms with Gasteiger partial charge in [0, 0.05) is 12.1 Å². The van der Waals surface area contributed by atoms with Crippen molar-refractivity contribution in [1.29, 1.82) is 0 Å². The third kappa shape index (κ3) is 5.80. The second-order valence-electron chi connectivity index (χ2n) is 4.50. The highest BCUT2D eigenvalue weighted by Crippen LogP contribution is 2.23. The molecule has 0 aromatic heterocycles. The largest absolute Gasteiger partial charge is 0.384 e. The Balaban J connectivity index is 2.91. The third-order valence-electron chi connectivity index (χ3n) is 2.20. The van der Waals surface area contributed by atoms with Crippen LogP contribution in [0.2, 0.25) is 5.02 Å². The van der Waals surface area contributed by atoms with E-state index in [1.54, 1.807) is 12.1 Å². The number of hydrogen-bond acceptors (Lipinski definition) is 3. The van der Waals surface area contributed by atoms with Gasteiger partial charge in [-0.3, -0.25) is 4.72 Å². The van der Waals surface area contributed by atoms with Crippen molar-refractivity contribution in [3.8, 4) is 11.8 Å². The summed E-state index contributed by atoms with van der Waals surface area (Å²) in [7, 11) is -3.67. The van der Waals surface area contributed by atoms with Gasteiger partial charge in [0.2, 0.25) is 0 Å². The number of hydrogen-bond donors (Lipinski definition) is 3. The van der Waals surface area contributed by atoms with Crippen LogP contribution in [0.5, 0.6) is 0 Å². The Hall–Kier alpha value is -1.26. The summed E-state index contributed by atoms with van der Waals surface area (Å²) >= 11 is 5.95. The van der Waals surface area contributed by atoms with E-state index in [0.717, 1.165) is 0 Å². The molecule has 0 saturated heterocycles. The molecule has 20 heavy (non-hydrogen) atoms. The minimum Gasteiger partial charge on any atom is -0.384 e. The van der Waals surface area contributed by atoms with Crippen LogP contribution in [0.4, 0.5) is 5.69 Å². The maximum Gasteiger partial charge on any atom is 0.299 e. The zero-order chi connectivity index (χ0) is 15.2. The zero-order valence-electron chi connectivity index (χ0n) is 11.3. The molecule has 7 heteroatoms. The topological polar surface area (TPSA) is 78.4 Å². The molecule has 1 aromatic rings. The Labute approximate surface area is 124 Å². The highest BCUT2D eigenvalue weighted by molar-refractivity contribution is 7.90. The minimum atomic E-state index is -3.67. The van der Waals surface area contributed by atoms with E-state index in [1.807, 2.05) is 13.8 Å². The van der Waals surface area contributed by atoms with Crippen LogP contribution in [0.15, 0.2) is 18.2 Å². The van der Waals surface area contributed by atoms with Crippen LogP contribution in [0.25, 0.3) is 0 Å². The summed E-state index contributed by atoms with van der Waals surface area (Å²) in [5, 5.41) is 8.91. The van der Waals surface area contributed by atoms with Crippen molar-refractivity contribution in [2.45, 2.75) is 13.8 Å². The lowest BCUT2D eigenvalue weighted by molar-refractivity contribution is 0.350. The van der Waals surface area contributed by atoms with E-state index >= 15 is 0 Å². The highest BCUT2D eigenvalue weighted by Gasteiger charge is 2.12. The molecule has 1 rings (SSSR count). The normalized spacial score (nSPS) is 11.1. The van der Waals surface area contributed by atoms with Gasteiger partial charge in [-0.15, -0.1) is 0 Å². The molecule has 0 radical (unpaired) electrons. The Morgan fingerprint density at radius 2 is 2.10 bits per heavy atom. The average Bonchev–Trinajstić information content (AvgIpc) is 2.37. The van der Waals surface area contributed by atoms with Gasteiger partial charge >= 0.3 is 0 Å². The molecule has 0 amide bonds. The monoisotopic (exact) mass is 316 g/mol. The van der Waals surface area contributed by atoms with Crippen LogP contribution in [0.1, 0.15) is 19.4 Å². The van der Waals surface area contributed by atoms with Crippen molar-refractivity contribution in [2.24, 2.45) is 5.92 Å². The van der Waals surface area contributed by atoms with Gasteiger partial charge in [0.1, 0.15) is 6.61 Å². The quantitative estimate of drug-likeness (QED) is 0.722. The van der Waals surface area contributed by atoms with Crippen LogP contribution in [-0.2, 0) is 10.2 Å². The highest BCUT2D eigenvalue weighted by atomic mass is 35.5. The third-order valence-corrected chi connectivity index (χ3v) is 3.57. The fourth-order valence-corrected chi connectivity index (χ4v) is 2.58. The maximum absolute atomic E-state index is 11.8. The van der Waals surface area contributed by atoms with Gasteiger partial charge in [0.15, 0.2) is 0 Å². The van der Waals surface area contributed by atoms with E-state index in [2.05, 4.69) is 21.3 Å². The number of anilines is 1. The molecule has 0 atom stereocenters. The summed E-state index contributed by atoms with van der Waals surface area (Å²) in [6.07, 6.45) is 0. The Morgan fingerprint density at radius 1 is 1.40 bits per heavy atom. The summed E-state index contributed by atoms with van der Waals surface area (Å²) in [6.45, 7) is 3.87. The number of aliphatic hydroxyl groups is 1. The fourth-order valence-electron chi connectivity index (χ4n) is 1.28. The summed E-state index contributed by atoms with van der Waals surface area (Å²) < 4.78 is 28.4. The lowest BCUT2D eigenvalue weighted by Crippen LogP contribution is -2.32. The summed E-state index contributed by atoms with van der Waals surface area (Å²) in [5.74, 6) is 5.37. The van der Waals surface area contributed by atoms with Crippen molar-refractivity contribution in [3.05, 3.63) is 28.8 Å². The smallest absolute Gasteiger partial charge is 0.299 e. The molecule has 0 saturated carbocycles. The molecule has 110 valence electrons. The standard InChI is InChI=1S/C13H17ClN2O3S/c1-10(2)9-15-20(18,19)16-13-8-11(4-3-7-17)5-6-12(13)14/h5-6,8,10,15-17H,7,9H2,1-2H3. The van der Waals surface area contributed by atoms with Crippen LogP contribution in [-0.4, -0.2) is 26.7 Å². The predicted octanol–water partition coefficient (Wildman–Crippen LogP) is 1.59. The lowest BCUT2D eigenvalue weighted by Gasteiger charge is -2.12. The molecule has 3 N–H and O–H groups in total. The molecule has 1 aromatic carbocycles. The average molecular weight is 317 g/mol. The number of benzene rings is 1. The second kappa shape index (κ2) is 7.50. The first kappa shape index (κ1) is 16.8. The summed E-state index contributed by atoms with van der Waals surface area (Å²) in [5.41, 5.74) is 0.803. The first-order chi connectivity index (χ1) is 9.34. The van der Waals surface area contributed by atoms with Gasteiger partial charge in [-0.25, -0.2) is 0 Å². The van der Waals surface area contributed by atoms with Crippen LogP contribution in [0.3, 0.4) is 0 Å². The van der Waals surface area contributed by atoms with Gasteiger partial charge in [-0.2, -0.15) is 13.1 Å². The van der Waals surface area contributed by atoms with Gasteiger partial charge in [-0.05, 0) is 24.1 Å². The molecule has 5 nitrogen and oxygen atoms in total. The molecular weight excluding hydrogens is 300 g/mol. The van der Waals surface area contributed by atoms with Gasteiger partial charge in [0.05, 0.1) is 10.7 Å². The van der Waals surface area contributed by atoms with Gasteiger partial charge in [0.25, 0.3) is 10.2 Å². The number of nitrogens with one attached hydrogen (secondary N) is 2. The number of rotatable bonds is 5. The molecule has 0 unspecified atom stereocenters. The summed E-state index contributed by atoms with van der Waals surface area (Å²) in [6, 6.07) is 4.70. The van der Waals surface area contributed by atoms with Crippen LogP contribution >= 0.6 is 11.6 Å². The SMILES string of the molecule is CC(C)CNS(=O)(=O)Nc1cc(C#CCO)ccc1Cl. The first-order valence-electron chi connectivity index (χ1n) is 6.00. The van der Waals surface area contributed by atoms with Crippen LogP contribution in [0, 0.1) is 17.8 Å². The Kier molecular flexibility index (Phi) is 6.30. The Bertz CT molecular complexity index is 618. The van der Waals surface area contributed by atoms with Crippen molar-refractivity contribution in [1.82, 2.24) is 4.72 Å². The molecule has 0 aliphatic rings. The number of halogens is 1. The van der Waals surface area contributed by atoms with E-state index < -0.39 is 10.2 Å². The first-order valence-corrected chi connectivity index (χ1v) is 7.87.